The van der Waals surface area contributed by atoms with E-state index < -0.39 is 61.4 Å². The molecule has 0 radical (unpaired) electrons. The number of nitrogens with zero attached hydrogens (tertiary/aromatic N) is 1. The SMILES string of the molecule is O=C(CS(=O)c1ccc(C(F)(F)F)cc1[N+](=O)[O-])Nc1cccc(C(F)(F)F)c1. The largest absolute Gasteiger partial charge is 0.416 e. The number of nitro groups is 1. The predicted molar refractivity (Wildman–Crippen MR) is 89.4 cm³/mol. The van der Waals surface area contributed by atoms with E-state index in [4.69, 9.17) is 0 Å². The van der Waals surface area contributed by atoms with Crippen molar-refractivity contribution in [1.29, 1.82) is 0 Å². The van der Waals surface area contributed by atoms with E-state index in [9.17, 15) is 45.5 Å². The molecule has 2 rings (SSSR count). The molecule has 156 valence electrons. The van der Waals surface area contributed by atoms with Gasteiger partial charge < -0.3 is 5.32 Å². The molecule has 0 aliphatic rings. The molecule has 13 heteroatoms. The number of carbonyl (C=O) groups excluding carboxylic acids is 1. The second-order valence-corrected chi connectivity index (χ2v) is 6.97. The van der Waals surface area contributed by atoms with Gasteiger partial charge in [-0.25, -0.2) is 0 Å². The monoisotopic (exact) mass is 440 g/mol. The molecule has 6 nitrogen and oxygen atoms in total. The number of carbonyl (C=O) groups is 1. The van der Waals surface area contributed by atoms with Gasteiger partial charge in [0.05, 0.1) is 26.8 Å². The Morgan fingerprint density at radius 3 is 2.14 bits per heavy atom. The normalized spacial score (nSPS) is 13.0. The standard InChI is InChI=1S/C16H10F6N2O4S/c17-15(18,19)9-2-1-3-11(6-9)23-14(25)8-29(28)13-5-4-10(16(20,21)22)7-12(13)24(26)27/h1-7H,8H2,(H,23,25). The van der Waals surface area contributed by atoms with Crippen LogP contribution in [0.1, 0.15) is 11.1 Å². The Kier molecular flexibility index (Phi) is 6.30. The fraction of sp³-hybridized carbons (Fsp3) is 0.188. The highest BCUT2D eigenvalue weighted by Gasteiger charge is 2.34. The van der Waals surface area contributed by atoms with Crippen molar-refractivity contribution in [1.82, 2.24) is 0 Å². The van der Waals surface area contributed by atoms with Gasteiger partial charge in [0.2, 0.25) is 5.91 Å². The fourth-order valence-electron chi connectivity index (χ4n) is 2.20. The van der Waals surface area contributed by atoms with Crippen molar-refractivity contribution in [3.05, 3.63) is 63.7 Å². The molecule has 2 aromatic carbocycles. The minimum Gasteiger partial charge on any atom is -0.325 e. The summed E-state index contributed by atoms with van der Waals surface area (Å²) in [6.07, 6.45) is -9.53. The molecule has 0 heterocycles. The summed E-state index contributed by atoms with van der Waals surface area (Å²) in [6.45, 7) is 0. The zero-order valence-electron chi connectivity index (χ0n) is 14.0. The van der Waals surface area contributed by atoms with E-state index in [1.165, 1.54) is 0 Å². The third-order valence-corrected chi connectivity index (χ3v) is 4.82. The van der Waals surface area contributed by atoms with Gasteiger partial charge in [0.25, 0.3) is 5.69 Å². The number of amides is 1. The van der Waals surface area contributed by atoms with Crippen LogP contribution in [0.5, 0.6) is 0 Å². The van der Waals surface area contributed by atoms with Crippen LogP contribution in [0.3, 0.4) is 0 Å². The van der Waals surface area contributed by atoms with E-state index in [1.807, 2.05) is 0 Å². The highest BCUT2D eigenvalue weighted by molar-refractivity contribution is 7.86. The predicted octanol–water partition coefficient (Wildman–Crippen LogP) is 4.38. The summed E-state index contributed by atoms with van der Waals surface area (Å²) in [5.41, 5.74) is -3.73. The first-order chi connectivity index (χ1) is 13.3. The third kappa shape index (κ3) is 5.76. The van der Waals surface area contributed by atoms with Crippen molar-refractivity contribution in [2.24, 2.45) is 0 Å². The molecule has 0 aliphatic carbocycles. The van der Waals surface area contributed by atoms with Crippen molar-refractivity contribution in [3.8, 4) is 0 Å². The molecule has 1 atom stereocenters. The number of anilines is 1. The van der Waals surface area contributed by atoms with Gasteiger partial charge in [-0.2, -0.15) is 26.3 Å². The van der Waals surface area contributed by atoms with E-state index in [0.717, 1.165) is 18.2 Å². The first kappa shape index (κ1) is 22.3. The van der Waals surface area contributed by atoms with Crippen LogP contribution in [0.15, 0.2) is 47.4 Å². The fourth-order valence-corrected chi connectivity index (χ4v) is 3.25. The van der Waals surface area contributed by atoms with Crippen LogP contribution in [0.4, 0.5) is 37.7 Å². The van der Waals surface area contributed by atoms with Crippen LogP contribution in [0.25, 0.3) is 0 Å². The van der Waals surface area contributed by atoms with Gasteiger partial charge in [0.15, 0.2) is 0 Å². The lowest BCUT2D eigenvalue weighted by Gasteiger charge is -2.10. The lowest BCUT2D eigenvalue weighted by molar-refractivity contribution is -0.388. The lowest BCUT2D eigenvalue weighted by Crippen LogP contribution is -2.20. The van der Waals surface area contributed by atoms with E-state index in [1.54, 1.807) is 0 Å². The zero-order valence-corrected chi connectivity index (χ0v) is 14.8. The molecule has 0 saturated heterocycles. The molecule has 29 heavy (non-hydrogen) atoms. The Morgan fingerprint density at radius 2 is 1.59 bits per heavy atom. The summed E-state index contributed by atoms with van der Waals surface area (Å²) in [4.78, 5) is 21.1. The topological polar surface area (TPSA) is 89.3 Å². The number of rotatable bonds is 5. The summed E-state index contributed by atoms with van der Waals surface area (Å²) >= 11 is 0. The number of hydrogen-bond donors (Lipinski definition) is 1. The highest BCUT2D eigenvalue weighted by Crippen LogP contribution is 2.34. The van der Waals surface area contributed by atoms with Gasteiger partial charge in [-0.05, 0) is 30.3 Å². The van der Waals surface area contributed by atoms with Crippen LogP contribution in [0.2, 0.25) is 0 Å². The Hall–Kier alpha value is -2.96. The van der Waals surface area contributed by atoms with Crippen LogP contribution in [-0.2, 0) is 27.9 Å². The molecule has 1 unspecified atom stereocenters. The molecule has 1 N–H and O–H groups in total. The third-order valence-electron chi connectivity index (χ3n) is 3.46. The number of hydrogen-bond acceptors (Lipinski definition) is 4. The van der Waals surface area contributed by atoms with Crippen molar-refractivity contribution in [2.45, 2.75) is 17.2 Å². The number of nitro benzene ring substituents is 1. The zero-order chi connectivity index (χ0) is 22.0. The van der Waals surface area contributed by atoms with Crippen molar-refractivity contribution in [2.75, 3.05) is 11.1 Å². The molecule has 0 saturated carbocycles. The average Bonchev–Trinajstić information content (AvgIpc) is 2.59. The van der Waals surface area contributed by atoms with Gasteiger partial charge in [-0.3, -0.25) is 19.1 Å². The van der Waals surface area contributed by atoms with Crippen LogP contribution in [0, 0.1) is 10.1 Å². The second kappa shape index (κ2) is 8.19. The van der Waals surface area contributed by atoms with E-state index in [0.29, 0.717) is 18.2 Å². The first-order valence-corrected chi connectivity index (χ1v) is 8.82. The summed E-state index contributed by atoms with van der Waals surface area (Å²) in [5.74, 6) is -1.96. The maximum absolute atomic E-state index is 12.7. The molecule has 0 bridgehead atoms. The Labute approximate surface area is 161 Å². The van der Waals surface area contributed by atoms with E-state index in [2.05, 4.69) is 5.32 Å². The minimum absolute atomic E-state index is 0.192. The van der Waals surface area contributed by atoms with Crippen molar-refractivity contribution < 1.29 is 40.3 Å². The van der Waals surface area contributed by atoms with Crippen LogP contribution in [-0.4, -0.2) is 20.8 Å². The lowest BCUT2D eigenvalue weighted by atomic mass is 10.2. The number of benzene rings is 2. The minimum atomic E-state index is -4.87. The molecule has 1 amide bonds. The second-order valence-electron chi connectivity index (χ2n) is 5.55. The van der Waals surface area contributed by atoms with Gasteiger partial charge in [-0.15, -0.1) is 0 Å². The van der Waals surface area contributed by atoms with E-state index >= 15 is 0 Å². The Morgan fingerprint density at radius 1 is 1.00 bits per heavy atom. The van der Waals surface area contributed by atoms with Crippen LogP contribution >= 0.6 is 0 Å². The summed E-state index contributed by atoms with van der Waals surface area (Å²) < 4.78 is 88.3. The molecule has 0 spiro atoms. The molecule has 0 fully saturated rings. The number of halogens is 6. The first-order valence-electron chi connectivity index (χ1n) is 7.50. The maximum Gasteiger partial charge on any atom is 0.416 e. The van der Waals surface area contributed by atoms with Gasteiger partial charge in [0.1, 0.15) is 10.6 Å². The summed E-state index contributed by atoms with van der Waals surface area (Å²) in [6, 6.07) is 4.84. The van der Waals surface area contributed by atoms with Gasteiger partial charge in [-0.1, -0.05) is 6.07 Å². The Bertz CT molecular complexity index is 975. The molecule has 0 aliphatic heterocycles. The van der Waals surface area contributed by atoms with Crippen molar-refractivity contribution >= 4 is 28.1 Å². The summed E-state index contributed by atoms with van der Waals surface area (Å²) in [7, 11) is -2.42. The molecular weight excluding hydrogens is 430 g/mol. The Balaban J connectivity index is 2.20. The highest BCUT2D eigenvalue weighted by atomic mass is 32.2. The smallest absolute Gasteiger partial charge is 0.325 e. The molecule has 2 aromatic rings. The number of nitrogens with one attached hydrogen (secondary N) is 1. The maximum atomic E-state index is 12.7. The van der Waals surface area contributed by atoms with Gasteiger partial charge in [0, 0.05) is 11.8 Å². The molecule has 0 aromatic heterocycles. The average molecular weight is 440 g/mol. The van der Waals surface area contributed by atoms with Crippen LogP contribution < -0.4 is 5.32 Å². The van der Waals surface area contributed by atoms with Gasteiger partial charge >= 0.3 is 12.4 Å². The van der Waals surface area contributed by atoms with Crippen molar-refractivity contribution in [3.63, 3.8) is 0 Å². The van der Waals surface area contributed by atoms with E-state index in [-0.39, 0.29) is 11.8 Å². The molecular formula is C16H10F6N2O4S. The quantitative estimate of drug-likeness (QED) is 0.425. The number of alkyl halides is 6. The summed E-state index contributed by atoms with van der Waals surface area (Å²) in [5, 5.41) is 13.1.